The quantitative estimate of drug-likeness (QED) is 0.572. The van der Waals surface area contributed by atoms with Gasteiger partial charge in [-0.3, -0.25) is 0 Å². The van der Waals surface area contributed by atoms with Crippen LogP contribution in [0.2, 0.25) is 0 Å². The van der Waals surface area contributed by atoms with E-state index in [-0.39, 0.29) is 60.5 Å². The van der Waals surface area contributed by atoms with E-state index in [1.807, 2.05) is 6.92 Å². The molecule has 0 heterocycles. The predicted octanol–water partition coefficient (Wildman–Crippen LogP) is -0.412. The zero-order valence-corrected chi connectivity index (χ0v) is 9.29. The third-order valence-electron chi connectivity index (χ3n) is 0.575. The van der Waals surface area contributed by atoms with E-state index in [1.165, 1.54) is 0 Å². The van der Waals surface area contributed by atoms with Crippen molar-refractivity contribution in [2.24, 2.45) is 0 Å². The van der Waals surface area contributed by atoms with Gasteiger partial charge in [0.25, 0.3) is 0 Å². The Morgan fingerprint density at radius 2 is 1.71 bits per heavy atom. The Morgan fingerprint density at radius 1 is 1.57 bits per heavy atom. The van der Waals surface area contributed by atoms with Crippen molar-refractivity contribution < 1.29 is 10.6 Å². The molecule has 0 saturated carbocycles. The van der Waals surface area contributed by atoms with Crippen molar-refractivity contribution in [3.05, 3.63) is 0 Å². The maximum absolute atomic E-state index is 9.90. The molecule has 1 atom stereocenters. The molecule has 0 aliphatic rings. The predicted molar refractivity (Wildman–Crippen MR) is 27.4 cm³/mol. The molecule has 3 heteroatoms. The van der Waals surface area contributed by atoms with Crippen LogP contribution in [0.4, 0.5) is 0 Å². The zero-order valence-electron chi connectivity index (χ0n) is 4.85. The molecule has 1 unspecified atom stereocenters. The van der Waals surface area contributed by atoms with Crippen molar-refractivity contribution in [2.45, 2.75) is 26.4 Å². The van der Waals surface area contributed by atoms with E-state index in [1.54, 1.807) is 6.92 Å². The minimum absolute atomic E-state index is 0. The van der Waals surface area contributed by atoms with Crippen LogP contribution in [0.5, 0.6) is 0 Å². The largest absolute Gasteiger partial charge is 2.00 e. The Bertz CT molecular complexity index is 23.7. The number of rotatable bonds is 1. The van der Waals surface area contributed by atoms with Crippen LogP contribution in [0.25, 0.3) is 0 Å². The smallest absolute Gasteiger partial charge is 0.870 e. The first-order valence-electron chi connectivity index (χ1n) is 1.93. The normalized spacial score (nSPS) is 10.7. The molecule has 0 bridgehead atoms. The topological polar surface area (TPSA) is 53.1 Å². The van der Waals surface area contributed by atoms with Crippen molar-refractivity contribution in [3.63, 3.8) is 0 Å². The Balaban J connectivity index is -0.0000000800. The van der Waals surface area contributed by atoms with Crippen molar-refractivity contribution in [1.82, 2.24) is 0 Å². The van der Waals surface area contributed by atoms with Gasteiger partial charge in [0.1, 0.15) is 0 Å². The molecule has 0 aromatic heterocycles. The average molecular weight is 227 g/mol. The SMILES string of the molecule is CCC(C)[O-].[Ba+2].[OH-]. The Hall–Kier alpha value is 1.49. The van der Waals surface area contributed by atoms with E-state index in [2.05, 4.69) is 0 Å². The fourth-order valence-corrected chi connectivity index (χ4v) is 0. The average Bonchev–Trinajstić information content (AvgIpc) is 1.38. The van der Waals surface area contributed by atoms with E-state index in [0.29, 0.717) is 0 Å². The summed E-state index contributed by atoms with van der Waals surface area (Å²) >= 11 is 0. The van der Waals surface area contributed by atoms with Gasteiger partial charge in [-0.25, -0.2) is 0 Å². The van der Waals surface area contributed by atoms with Gasteiger partial charge in [-0.05, 0) is 0 Å². The van der Waals surface area contributed by atoms with Crippen LogP contribution in [0.15, 0.2) is 0 Å². The summed E-state index contributed by atoms with van der Waals surface area (Å²) in [7, 11) is 0. The first kappa shape index (κ1) is 15.8. The van der Waals surface area contributed by atoms with Crippen LogP contribution in [0.3, 0.4) is 0 Å². The minimum atomic E-state index is -0.366. The zero-order chi connectivity index (χ0) is 4.28. The third-order valence-corrected chi connectivity index (χ3v) is 0.575. The maximum atomic E-state index is 9.90. The first-order valence-corrected chi connectivity index (χ1v) is 1.93. The van der Waals surface area contributed by atoms with Crippen LogP contribution < -0.4 is 5.11 Å². The van der Waals surface area contributed by atoms with Gasteiger partial charge in [0.2, 0.25) is 0 Å². The van der Waals surface area contributed by atoms with Gasteiger partial charge in [-0.1, -0.05) is 20.3 Å². The Kier molecular flexibility index (Phi) is 23.6. The second-order valence-electron chi connectivity index (χ2n) is 1.22. The molecule has 0 rings (SSSR count). The number of hydrogen-bond donors (Lipinski definition) is 0. The van der Waals surface area contributed by atoms with Gasteiger partial charge in [0, 0.05) is 0 Å². The molecular formula is C4H10BaO2. The molecule has 1 N–H and O–H groups in total. The molecule has 2 nitrogen and oxygen atoms in total. The van der Waals surface area contributed by atoms with Gasteiger partial charge in [0.15, 0.2) is 0 Å². The molecule has 0 aliphatic heterocycles. The standard InChI is InChI=1S/C4H9O.Ba.H2O/c1-3-4(2)5;;/h4H,3H2,1-2H3;;1H2/q-1;+2;/p-1. The van der Waals surface area contributed by atoms with Crippen molar-refractivity contribution in [1.29, 1.82) is 0 Å². The van der Waals surface area contributed by atoms with Crippen molar-refractivity contribution >= 4 is 48.9 Å². The van der Waals surface area contributed by atoms with E-state index < -0.39 is 0 Å². The molecule has 0 aromatic carbocycles. The summed E-state index contributed by atoms with van der Waals surface area (Å²) in [5.74, 6) is 0. The van der Waals surface area contributed by atoms with E-state index >= 15 is 0 Å². The van der Waals surface area contributed by atoms with Crippen molar-refractivity contribution in [3.8, 4) is 0 Å². The second-order valence-corrected chi connectivity index (χ2v) is 1.22. The van der Waals surface area contributed by atoms with E-state index in [9.17, 15) is 5.11 Å². The summed E-state index contributed by atoms with van der Waals surface area (Å²) in [6, 6.07) is 0. The molecule has 0 amide bonds. The van der Waals surface area contributed by atoms with Gasteiger partial charge >= 0.3 is 48.9 Å². The van der Waals surface area contributed by atoms with Crippen LogP contribution >= 0.6 is 0 Å². The maximum Gasteiger partial charge on any atom is 2.00 e. The fraction of sp³-hybridized carbons (Fsp3) is 1.00. The molecular weight excluding hydrogens is 217 g/mol. The fourth-order valence-electron chi connectivity index (χ4n) is 0. The molecule has 0 aliphatic carbocycles. The molecule has 0 fully saturated rings. The first-order chi connectivity index (χ1) is 2.27. The second kappa shape index (κ2) is 10.5. The summed E-state index contributed by atoms with van der Waals surface area (Å²) in [4.78, 5) is 0. The third kappa shape index (κ3) is 18.5. The molecule has 0 aromatic rings. The molecule has 0 saturated heterocycles. The monoisotopic (exact) mass is 228 g/mol. The summed E-state index contributed by atoms with van der Waals surface area (Å²) in [6.07, 6.45) is 0.384. The Morgan fingerprint density at radius 3 is 1.71 bits per heavy atom. The van der Waals surface area contributed by atoms with Crippen LogP contribution in [-0.2, 0) is 0 Å². The van der Waals surface area contributed by atoms with Crippen LogP contribution in [-0.4, -0.2) is 60.5 Å². The Labute approximate surface area is 84.7 Å². The van der Waals surface area contributed by atoms with Gasteiger partial charge in [-0.2, -0.15) is 0 Å². The van der Waals surface area contributed by atoms with Crippen LogP contribution in [0.1, 0.15) is 20.3 Å². The molecule has 40 valence electrons. The minimum Gasteiger partial charge on any atom is -0.870 e. The van der Waals surface area contributed by atoms with Crippen molar-refractivity contribution in [2.75, 3.05) is 0 Å². The molecule has 0 spiro atoms. The summed E-state index contributed by atoms with van der Waals surface area (Å²) in [6.45, 7) is 3.55. The summed E-state index contributed by atoms with van der Waals surface area (Å²) in [5.41, 5.74) is 0. The van der Waals surface area contributed by atoms with E-state index in [0.717, 1.165) is 6.42 Å². The summed E-state index contributed by atoms with van der Waals surface area (Å²) < 4.78 is 0. The molecule has 7 heavy (non-hydrogen) atoms. The van der Waals surface area contributed by atoms with Gasteiger partial charge < -0.3 is 10.6 Å². The number of hydrogen-bond acceptors (Lipinski definition) is 2. The van der Waals surface area contributed by atoms with Crippen LogP contribution in [0, 0.1) is 0 Å². The van der Waals surface area contributed by atoms with Gasteiger partial charge in [0.05, 0.1) is 0 Å². The molecule has 0 radical (unpaired) electrons. The van der Waals surface area contributed by atoms with Gasteiger partial charge in [-0.15, -0.1) is 6.10 Å². The summed E-state index contributed by atoms with van der Waals surface area (Å²) in [5, 5.41) is 9.90. The van der Waals surface area contributed by atoms with E-state index in [4.69, 9.17) is 0 Å².